The summed E-state index contributed by atoms with van der Waals surface area (Å²) in [5.41, 5.74) is 6.41. The van der Waals surface area contributed by atoms with E-state index in [4.69, 9.17) is 10.2 Å². The van der Waals surface area contributed by atoms with E-state index < -0.39 is 5.91 Å². The number of amides is 1. The second-order valence-corrected chi connectivity index (χ2v) is 6.43. The number of guanidine groups is 1. The van der Waals surface area contributed by atoms with Crippen molar-refractivity contribution >= 4 is 11.9 Å². The van der Waals surface area contributed by atoms with Gasteiger partial charge in [0.1, 0.15) is 12.3 Å². The normalized spacial score (nSPS) is 12.0. The molecular weight excluding hydrogens is 316 g/mol. The van der Waals surface area contributed by atoms with Gasteiger partial charge in [-0.25, -0.2) is 4.99 Å². The summed E-state index contributed by atoms with van der Waals surface area (Å²) in [4.78, 5) is 15.6. The molecule has 0 bridgehead atoms. The van der Waals surface area contributed by atoms with E-state index in [1.165, 1.54) is 5.56 Å². The Kier molecular flexibility index (Phi) is 6.22. The van der Waals surface area contributed by atoms with Crippen LogP contribution in [0.15, 0.2) is 51.9 Å². The van der Waals surface area contributed by atoms with Crippen molar-refractivity contribution in [3.63, 3.8) is 0 Å². The summed E-state index contributed by atoms with van der Waals surface area (Å²) in [5, 5.41) is 6.58. The first-order valence-electron chi connectivity index (χ1n) is 8.38. The monoisotopic (exact) mass is 342 g/mol. The molecule has 25 heavy (non-hydrogen) atoms. The fourth-order valence-electron chi connectivity index (χ4n) is 2.39. The third-order valence-electron chi connectivity index (χ3n) is 3.89. The third kappa shape index (κ3) is 5.38. The van der Waals surface area contributed by atoms with Crippen molar-refractivity contribution in [2.45, 2.75) is 32.7 Å². The van der Waals surface area contributed by atoms with E-state index in [9.17, 15) is 4.79 Å². The summed E-state index contributed by atoms with van der Waals surface area (Å²) >= 11 is 0. The molecule has 0 radical (unpaired) electrons. The molecule has 1 amide bonds. The maximum Gasteiger partial charge on any atom is 0.284 e. The zero-order chi connectivity index (χ0) is 18.3. The van der Waals surface area contributed by atoms with Crippen LogP contribution < -0.4 is 16.4 Å². The van der Waals surface area contributed by atoms with Crippen LogP contribution in [0.3, 0.4) is 0 Å². The molecule has 2 rings (SSSR count). The summed E-state index contributed by atoms with van der Waals surface area (Å²) < 4.78 is 5.35. The van der Waals surface area contributed by atoms with Crippen LogP contribution in [0.1, 0.15) is 42.6 Å². The molecule has 2 aromatic rings. The lowest BCUT2D eigenvalue weighted by molar-refractivity contribution is 0.0972. The Morgan fingerprint density at radius 2 is 1.88 bits per heavy atom. The number of nitrogens with one attached hydrogen (secondary N) is 2. The number of hydrogen-bond donors (Lipinski definition) is 3. The Hall–Kier alpha value is -2.76. The molecule has 6 nitrogen and oxygen atoms in total. The van der Waals surface area contributed by atoms with Crippen LogP contribution in [0, 0.1) is 0 Å². The molecule has 0 unspecified atom stereocenters. The highest BCUT2D eigenvalue weighted by molar-refractivity contribution is 5.89. The summed E-state index contributed by atoms with van der Waals surface area (Å²) in [6.45, 7) is 8.19. The minimum absolute atomic E-state index is 0.0404. The highest BCUT2D eigenvalue weighted by Crippen LogP contribution is 2.21. The fourth-order valence-corrected chi connectivity index (χ4v) is 2.39. The molecule has 0 atom stereocenters. The number of nitrogens with two attached hydrogens (primary N) is 1. The van der Waals surface area contributed by atoms with Crippen molar-refractivity contribution < 1.29 is 9.21 Å². The predicted molar refractivity (Wildman–Crippen MR) is 99.5 cm³/mol. The minimum Gasteiger partial charge on any atom is -0.454 e. The molecule has 6 heteroatoms. The quantitative estimate of drug-likeness (QED) is 0.532. The van der Waals surface area contributed by atoms with Gasteiger partial charge in [-0.2, -0.15) is 0 Å². The number of benzene rings is 1. The van der Waals surface area contributed by atoms with Crippen molar-refractivity contribution in [2.75, 3.05) is 13.1 Å². The van der Waals surface area contributed by atoms with Gasteiger partial charge in [0.05, 0.1) is 0 Å². The van der Waals surface area contributed by atoms with Crippen LogP contribution in [0.4, 0.5) is 0 Å². The smallest absolute Gasteiger partial charge is 0.284 e. The molecule has 0 aliphatic carbocycles. The lowest BCUT2D eigenvalue weighted by Gasteiger charge is -2.26. The van der Waals surface area contributed by atoms with Crippen LogP contribution in [0.5, 0.6) is 0 Å². The van der Waals surface area contributed by atoms with E-state index >= 15 is 0 Å². The summed E-state index contributed by atoms with van der Waals surface area (Å²) in [6, 6.07) is 13.6. The van der Waals surface area contributed by atoms with Gasteiger partial charge in [-0.15, -0.1) is 0 Å². The topological polar surface area (TPSA) is 92.6 Å². The zero-order valence-electron chi connectivity index (χ0n) is 15.0. The molecule has 4 N–H and O–H groups in total. The maximum absolute atomic E-state index is 11.1. The number of hydrogen-bond acceptors (Lipinski definition) is 3. The molecule has 0 aliphatic rings. The van der Waals surface area contributed by atoms with Gasteiger partial charge in [-0.1, -0.05) is 44.2 Å². The highest BCUT2D eigenvalue weighted by atomic mass is 16.3. The first kappa shape index (κ1) is 18.6. The van der Waals surface area contributed by atoms with E-state index in [1.54, 1.807) is 12.1 Å². The van der Waals surface area contributed by atoms with Crippen LogP contribution in [0.2, 0.25) is 0 Å². The van der Waals surface area contributed by atoms with Crippen LogP contribution >= 0.6 is 0 Å². The summed E-state index contributed by atoms with van der Waals surface area (Å²) in [7, 11) is 0. The number of furan rings is 1. The first-order chi connectivity index (χ1) is 11.9. The molecule has 0 spiro atoms. The van der Waals surface area contributed by atoms with Crippen LogP contribution in [0.25, 0.3) is 0 Å². The largest absolute Gasteiger partial charge is 0.454 e. The molecule has 0 saturated heterocycles. The van der Waals surface area contributed by atoms with Crippen molar-refractivity contribution in [2.24, 2.45) is 10.7 Å². The minimum atomic E-state index is -0.579. The van der Waals surface area contributed by atoms with E-state index in [2.05, 4.69) is 41.6 Å². The zero-order valence-corrected chi connectivity index (χ0v) is 15.0. The third-order valence-corrected chi connectivity index (χ3v) is 3.89. The standard InChI is InChI=1S/C19H26N4O2/c1-4-21-18(22-12-15-10-11-16(25-15)17(20)24)23-13-19(2,3)14-8-6-5-7-9-14/h5-11H,4,12-13H2,1-3H3,(H2,20,24)(H2,21,22,23). The Bertz CT molecular complexity index is 720. The summed E-state index contributed by atoms with van der Waals surface area (Å²) in [6.07, 6.45) is 0. The fraction of sp³-hybridized carbons (Fsp3) is 0.368. The Labute approximate surface area is 148 Å². The lowest BCUT2D eigenvalue weighted by atomic mass is 9.85. The van der Waals surface area contributed by atoms with Gasteiger partial charge in [-0.05, 0) is 24.6 Å². The first-order valence-corrected chi connectivity index (χ1v) is 8.38. The molecule has 134 valence electrons. The van der Waals surface area contributed by atoms with Crippen LogP contribution in [-0.4, -0.2) is 25.0 Å². The second-order valence-electron chi connectivity index (χ2n) is 6.43. The van der Waals surface area contributed by atoms with Crippen molar-refractivity contribution in [3.8, 4) is 0 Å². The molecule has 1 aromatic carbocycles. The van der Waals surface area contributed by atoms with Gasteiger partial charge in [0, 0.05) is 18.5 Å². The number of rotatable bonds is 7. The summed E-state index contributed by atoms with van der Waals surface area (Å²) in [5.74, 6) is 0.857. The average Bonchev–Trinajstić information content (AvgIpc) is 3.07. The number of carbonyl (C=O) groups is 1. The van der Waals surface area contributed by atoms with Crippen molar-refractivity contribution in [1.29, 1.82) is 0 Å². The lowest BCUT2D eigenvalue weighted by Crippen LogP contribution is -2.43. The molecular formula is C19H26N4O2. The van der Waals surface area contributed by atoms with E-state index in [1.807, 2.05) is 25.1 Å². The van der Waals surface area contributed by atoms with Gasteiger partial charge in [0.15, 0.2) is 11.7 Å². The molecule has 0 saturated carbocycles. The highest BCUT2D eigenvalue weighted by Gasteiger charge is 2.20. The molecule has 0 fully saturated rings. The second kappa shape index (κ2) is 8.37. The Balaban J connectivity index is 2.00. The molecule has 1 aromatic heterocycles. The van der Waals surface area contributed by atoms with Crippen molar-refractivity contribution in [1.82, 2.24) is 10.6 Å². The van der Waals surface area contributed by atoms with Gasteiger partial charge < -0.3 is 20.8 Å². The predicted octanol–water partition coefficient (Wildman–Crippen LogP) is 2.41. The molecule has 1 heterocycles. The Morgan fingerprint density at radius 1 is 1.16 bits per heavy atom. The van der Waals surface area contributed by atoms with Gasteiger partial charge in [0.25, 0.3) is 5.91 Å². The number of primary amides is 1. The van der Waals surface area contributed by atoms with Crippen LogP contribution in [-0.2, 0) is 12.0 Å². The van der Waals surface area contributed by atoms with E-state index in [0.29, 0.717) is 18.3 Å². The number of aliphatic imine (C=N–C) groups is 1. The van der Waals surface area contributed by atoms with E-state index in [0.717, 1.165) is 13.1 Å². The van der Waals surface area contributed by atoms with E-state index in [-0.39, 0.29) is 11.2 Å². The SMILES string of the molecule is CCNC(=NCc1ccc(C(N)=O)o1)NCC(C)(C)c1ccccc1. The van der Waals surface area contributed by atoms with Gasteiger partial charge >= 0.3 is 0 Å². The van der Waals surface area contributed by atoms with Gasteiger partial charge in [0.2, 0.25) is 0 Å². The maximum atomic E-state index is 11.1. The van der Waals surface area contributed by atoms with Crippen molar-refractivity contribution in [3.05, 3.63) is 59.5 Å². The number of carbonyl (C=O) groups excluding carboxylic acids is 1. The Morgan fingerprint density at radius 3 is 2.48 bits per heavy atom. The average molecular weight is 342 g/mol. The number of nitrogens with zero attached hydrogens (tertiary/aromatic N) is 1. The molecule has 0 aliphatic heterocycles. The van der Waals surface area contributed by atoms with Gasteiger partial charge in [-0.3, -0.25) is 4.79 Å².